The third-order valence-corrected chi connectivity index (χ3v) is 2.55. The van der Waals surface area contributed by atoms with Crippen LogP contribution >= 0.6 is 0 Å². The minimum atomic E-state index is -0.316. The Balaban J connectivity index is 2.54. The van der Waals surface area contributed by atoms with Crippen LogP contribution in [-0.2, 0) is 14.3 Å². The van der Waals surface area contributed by atoms with E-state index >= 15 is 0 Å². The zero-order chi connectivity index (χ0) is 14.1. The lowest BCUT2D eigenvalue weighted by molar-refractivity contribution is -0.141. The maximum absolute atomic E-state index is 12.0. The van der Waals surface area contributed by atoms with Gasteiger partial charge in [-0.3, -0.25) is 9.59 Å². The summed E-state index contributed by atoms with van der Waals surface area (Å²) in [7, 11) is 1.34. The Kier molecular flexibility index (Phi) is 6.43. The molecule has 104 valence electrons. The van der Waals surface area contributed by atoms with Gasteiger partial charge in [0.25, 0.3) is 0 Å². The van der Waals surface area contributed by atoms with Gasteiger partial charge >= 0.3 is 5.97 Å². The fraction of sp³-hybridized carbons (Fsp3) is 0.429. The van der Waals surface area contributed by atoms with E-state index in [1.54, 1.807) is 29.4 Å². The van der Waals surface area contributed by atoms with Crippen molar-refractivity contribution in [2.75, 3.05) is 20.2 Å². The fourth-order valence-corrected chi connectivity index (χ4v) is 1.58. The highest BCUT2D eigenvalue weighted by atomic mass is 16.5. The Morgan fingerprint density at radius 3 is 2.79 bits per heavy atom. The summed E-state index contributed by atoms with van der Waals surface area (Å²) < 4.78 is 9.67. The van der Waals surface area contributed by atoms with Crippen LogP contribution in [0.1, 0.15) is 25.5 Å². The van der Waals surface area contributed by atoms with Crippen molar-refractivity contribution in [1.29, 1.82) is 0 Å². The highest BCUT2D eigenvalue weighted by Crippen LogP contribution is 2.04. The molecule has 0 N–H and O–H groups in total. The molecule has 0 fully saturated rings. The molecule has 5 nitrogen and oxygen atoms in total. The lowest BCUT2D eigenvalue weighted by Gasteiger charge is -2.19. The van der Waals surface area contributed by atoms with Crippen molar-refractivity contribution in [3.63, 3.8) is 0 Å². The number of ether oxygens (including phenoxy) is 1. The molecule has 1 rings (SSSR count). The van der Waals surface area contributed by atoms with Crippen LogP contribution in [0.5, 0.6) is 0 Å². The molecule has 0 aliphatic carbocycles. The van der Waals surface area contributed by atoms with Gasteiger partial charge in [-0.2, -0.15) is 0 Å². The third-order valence-electron chi connectivity index (χ3n) is 2.55. The van der Waals surface area contributed by atoms with Gasteiger partial charge in [-0.25, -0.2) is 0 Å². The molecule has 0 radical (unpaired) electrons. The molecule has 0 aromatic carbocycles. The zero-order valence-corrected chi connectivity index (χ0v) is 11.3. The first-order valence-electron chi connectivity index (χ1n) is 6.24. The second-order valence-electron chi connectivity index (χ2n) is 4.00. The van der Waals surface area contributed by atoms with Gasteiger partial charge in [0.15, 0.2) is 0 Å². The first-order valence-corrected chi connectivity index (χ1v) is 6.24. The van der Waals surface area contributed by atoms with Crippen LogP contribution in [0.15, 0.2) is 28.9 Å². The summed E-state index contributed by atoms with van der Waals surface area (Å²) in [5.74, 6) is 0.170. The smallest absolute Gasteiger partial charge is 0.307 e. The van der Waals surface area contributed by atoms with Crippen molar-refractivity contribution < 1.29 is 18.7 Å². The second kappa shape index (κ2) is 8.13. The first kappa shape index (κ1) is 15.0. The van der Waals surface area contributed by atoms with E-state index < -0.39 is 0 Å². The van der Waals surface area contributed by atoms with Crippen molar-refractivity contribution in [3.05, 3.63) is 30.2 Å². The maximum Gasteiger partial charge on any atom is 0.307 e. The molecule has 19 heavy (non-hydrogen) atoms. The zero-order valence-electron chi connectivity index (χ0n) is 11.3. The largest absolute Gasteiger partial charge is 0.469 e. The normalized spacial score (nSPS) is 10.6. The van der Waals surface area contributed by atoms with Crippen LogP contribution in [0.2, 0.25) is 0 Å². The molecule has 5 heteroatoms. The summed E-state index contributed by atoms with van der Waals surface area (Å²) in [6.45, 7) is 2.95. The van der Waals surface area contributed by atoms with Crippen LogP contribution in [0.3, 0.4) is 0 Å². The van der Waals surface area contributed by atoms with E-state index in [0.717, 1.165) is 6.42 Å². The lowest BCUT2D eigenvalue weighted by atomic mass is 10.3. The predicted molar refractivity (Wildman–Crippen MR) is 71.2 cm³/mol. The fourth-order valence-electron chi connectivity index (χ4n) is 1.58. The molecule has 0 aliphatic rings. The van der Waals surface area contributed by atoms with Crippen molar-refractivity contribution in [3.8, 4) is 0 Å². The van der Waals surface area contributed by atoms with Gasteiger partial charge in [0, 0.05) is 19.2 Å². The molecule has 1 aromatic heterocycles. The number of carbonyl (C=O) groups excluding carboxylic acids is 2. The van der Waals surface area contributed by atoms with Crippen LogP contribution in [-0.4, -0.2) is 37.0 Å². The average Bonchev–Trinajstić information content (AvgIpc) is 2.93. The number of hydrogen-bond donors (Lipinski definition) is 0. The van der Waals surface area contributed by atoms with Crippen LogP contribution in [0, 0.1) is 0 Å². The predicted octanol–water partition coefficient (Wildman–Crippen LogP) is 2.09. The van der Waals surface area contributed by atoms with E-state index in [1.165, 1.54) is 13.2 Å². The molecular weight excluding hydrogens is 246 g/mol. The van der Waals surface area contributed by atoms with Gasteiger partial charge in [0.1, 0.15) is 5.76 Å². The Labute approximate surface area is 112 Å². The van der Waals surface area contributed by atoms with Crippen molar-refractivity contribution in [2.45, 2.75) is 19.8 Å². The van der Waals surface area contributed by atoms with E-state index in [9.17, 15) is 9.59 Å². The number of esters is 1. The Hall–Kier alpha value is -2.04. The molecule has 0 aliphatic heterocycles. The maximum atomic E-state index is 12.0. The van der Waals surface area contributed by atoms with E-state index in [-0.39, 0.29) is 18.3 Å². The Morgan fingerprint density at radius 1 is 1.42 bits per heavy atom. The summed E-state index contributed by atoms with van der Waals surface area (Å²) in [4.78, 5) is 24.7. The van der Waals surface area contributed by atoms with Crippen molar-refractivity contribution >= 4 is 18.0 Å². The van der Waals surface area contributed by atoms with Gasteiger partial charge < -0.3 is 14.1 Å². The number of carbonyl (C=O) groups is 2. The second-order valence-corrected chi connectivity index (χ2v) is 4.00. The minimum absolute atomic E-state index is 0.137. The summed E-state index contributed by atoms with van der Waals surface area (Å²) in [6.07, 6.45) is 5.65. The van der Waals surface area contributed by atoms with E-state index in [1.807, 2.05) is 6.92 Å². The SMILES string of the molecule is CCCN(CCC(=O)OC)C(=O)/C=C/c1ccco1. The number of amides is 1. The van der Waals surface area contributed by atoms with Crippen molar-refractivity contribution in [2.24, 2.45) is 0 Å². The van der Waals surface area contributed by atoms with Gasteiger partial charge in [0.2, 0.25) is 5.91 Å². The number of hydrogen-bond acceptors (Lipinski definition) is 4. The molecule has 0 bridgehead atoms. The standard InChI is InChI=1S/C14H19NO4/c1-3-9-15(10-8-14(17)18-2)13(16)7-6-12-5-4-11-19-12/h4-7,11H,3,8-10H2,1-2H3/b7-6+. The highest BCUT2D eigenvalue weighted by molar-refractivity contribution is 5.91. The highest BCUT2D eigenvalue weighted by Gasteiger charge is 2.12. The van der Waals surface area contributed by atoms with Gasteiger partial charge in [0.05, 0.1) is 19.8 Å². The number of rotatable bonds is 7. The van der Waals surface area contributed by atoms with Crippen LogP contribution < -0.4 is 0 Å². The van der Waals surface area contributed by atoms with Gasteiger partial charge in [-0.1, -0.05) is 6.92 Å². The molecule has 1 heterocycles. The summed E-state index contributed by atoms with van der Waals surface area (Å²) in [5, 5.41) is 0. The number of nitrogens with zero attached hydrogens (tertiary/aromatic N) is 1. The molecular formula is C14H19NO4. The molecule has 0 spiro atoms. The topological polar surface area (TPSA) is 59.8 Å². The minimum Gasteiger partial charge on any atom is -0.469 e. The first-order chi connectivity index (χ1) is 9.17. The monoisotopic (exact) mass is 265 g/mol. The Morgan fingerprint density at radius 2 is 2.21 bits per heavy atom. The number of methoxy groups -OCH3 is 1. The molecule has 0 unspecified atom stereocenters. The van der Waals surface area contributed by atoms with Crippen LogP contribution in [0.25, 0.3) is 6.08 Å². The average molecular weight is 265 g/mol. The van der Waals surface area contributed by atoms with Crippen LogP contribution in [0.4, 0.5) is 0 Å². The Bertz CT molecular complexity index is 423. The summed E-state index contributed by atoms with van der Waals surface area (Å²) >= 11 is 0. The van der Waals surface area contributed by atoms with E-state index in [2.05, 4.69) is 4.74 Å². The summed E-state index contributed by atoms with van der Waals surface area (Å²) in [5.41, 5.74) is 0. The van der Waals surface area contributed by atoms with Crippen molar-refractivity contribution in [1.82, 2.24) is 4.90 Å². The summed E-state index contributed by atoms with van der Waals surface area (Å²) in [6, 6.07) is 3.52. The molecule has 1 aromatic rings. The molecule has 1 amide bonds. The molecule has 0 atom stereocenters. The lowest BCUT2D eigenvalue weighted by Crippen LogP contribution is -2.32. The molecule has 0 saturated heterocycles. The van der Waals surface area contributed by atoms with Gasteiger partial charge in [-0.05, 0) is 24.6 Å². The number of furan rings is 1. The third kappa shape index (κ3) is 5.42. The van der Waals surface area contributed by atoms with Gasteiger partial charge in [-0.15, -0.1) is 0 Å². The van der Waals surface area contributed by atoms with E-state index in [4.69, 9.17) is 4.42 Å². The quantitative estimate of drug-likeness (QED) is 0.559. The molecule has 0 saturated carbocycles. The van der Waals surface area contributed by atoms with E-state index in [0.29, 0.717) is 18.8 Å².